The van der Waals surface area contributed by atoms with E-state index in [1.807, 2.05) is 11.4 Å². The number of nitrogens with zero attached hydrogens (tertiary/aromatic N) is 2. The predicted molar refractivity (Wildman–Crippen MR) is 72.6 cm³/mol. The van der Waals surface area contributed by atoms with Crippen molar-refractivity contribution in [2.45, 2.75) is 45.1 Å². The Morgan fingerprint density at radius 2 is 2.28 bits per heavy atom. The van der Waals surface area contributed by atoms with Crippen LogP contribution < -0.4 is 0 Å². The minimum atomic E-state index is 0.0512. The van der Waals surface area contributed by atoms with Crippen LogP contribution in [0.25, 0.3) is 0 Å². The van der Waals surface area contributed by atoms with E-state index < -0.39 is 0 Å². The predicted octanol–water partition coefficient (Wildman–Crippen LogP) is 3.22. The molecule has 0 unspecified atom stereocenters. The fraction of sp³-hybridized carbons (Fsp3) is 0.571. The van der Waals surface area contributed by atoms with Crippen LogP contribution in [0, 0.1) is 11.3 Å². The summed E-state index contributed by atoms with van der Waals surface area (Å²) >= 11 is 1.49. The molecule has 1 aliphatic rings. The number of hydrogen-bond acceptors (Lipinski definition) is 3. The third kappa shape index (κ3) is 2.56. The number of amides is 1. The van der Waals surface area contributed by atoms with Gasteiger partial charge < -0.3 is 4.90 Å². The van der Waals surface area contributed by atoms with Crippen molar-refractivity contribution >= 4 is 17.2 Å². The lowest BCUT2D eigenvalue weighted by molar-refractivity contribution is 0.0713. The summed E-state index contributed by atoms with van der Waals surface area (Å²) in [5.41, 5.74) is 1.10. The van der Waals surface area contributed by atoms with Gasteiger partial charge >= 0.3 is 0 Å². The molecule has 1 amide bonds. The number of thiophene rings is 1. The van der Waals surface area contributed by atoms with Gasteiger partial charge in [0.1, 0.15) is 6.54 Å². The third-order valence-electron chi connectivity index (χ3n) is 3.59. The Morgan fingerprint density at radius 1 is 1.56 bits per heavy atom. The maximum atomic E-state index is 12.5. The first-order chi connectivity index (χ1) is 8.77. The number of nitriles is 1. The van der Waals surface area contributed by atoms with Crippen molar-refractivity contribution in [3.05, 3.63) is 21.9 Å². The molecule has 1 fully saturated rings. The average molecular weight is 262 g/mol. The molecule has 0 atom stereocenters. The number of aryl methyl sites for hydroxylation is 1. The standard InChI is InChI=1S/C14H18N2OS/c1-2-11-7-10-18-13(11)14(17)16(9-8-15)12-5-3-4-6-12/h7,10,12H,2-6,9H2,1H3. The molecule has 0 bridgehead atoms. The largest absolute Gasteiger partial charge is 0.322 e. The van der Waals surface area contributed by atoms with Crippen LogP contribution in [0.2, 0.25) is 0 Å². The molecule has 0 spiro atoms. The molecule has 0 aliphatic heterocycles. The summed E-state index contributed by atoms with van der Waals surface area (Å²) < 4.78 is 0. The molecule has 1 heterocycles. The highest BCUT2D eigenvalue weighted by Crippen LogP contribution is 2.27. The van der Waals surface area contributed by atoms with Crippen LogP contribution in [-0.4, -0.2) is 23.4 Å². The van der Waals surface area contributed by atoms with Crippen LogP contribution >= 0.6 is 11.3 Å². The van der Waals surface area contributed by atoms with E-state index >= 15 is 0 Å². The summed E-state index contributed by atoms with van der Waals surface area (Å²) in [6, 6.07) is 4.41. The Balaban J connectivity index is 2.20. The Hall–Kier alpha value is -1.34. The van der Waals surface area contributed by atoms with Gasteiger partial charge in [-0.15, -0.1) is 11.3 Å². The van der Waals surface area contributed by atoms with Gasteiger partial charge in [-0.1, -0.05) is 19.8 Å². The van der Waals surface area contributed by atoms with E-state index in [4.69, 9.17) is 5.26 Å². The Bertz CT molecular complexity index is 455. The smallest absolute Gasteiger partial charge is 0.265 e. The molecule has 3 nitrogen and oxygen atoms in total. The van der Waals surface area contributed by atoms with Crippen LogP contribution in [0.4, 0.5) is 0 Å². The van der Waals surface area contributed by atoms with Crippen molar-refractivity contribution in [1.29, 1.82) is 5.26 Å². The molecule has 2 rings (SSSR count). The molecule has 96 valence electrons. The van der Waals surface area contributed by atoms with Crippen molar-refractivity contribution in [1.82, 2.24) is 4.90 Å². The van der Waals surface area contributed by atoms with Gasteiger partial charge in [-0.2, -0.15) is 5.26 Å². The summed E-state index contributed by atoms with van der Waals surface area (Å²) in [6.07, 6.45) is 5.30. The van der Waals surface area contributed by atoms with Gasteiger partial charge in [0.05, 0.1) is 10.9 Å². The SMILES string of the molecule is CCc1ccsc1C(=O)N(CC#N)C1CCCC1. The van der Waals surface area contributed by atoms with E-state index in [0.29, 0.717) is 0 Å². The summed E-state index contributed by atoms with van der Waals surface area (Å²) in [6.45, 7) is 2.27. The quantitative estimate of drug-likeness (QED) is 0.782. The highest BCUT2D eigenvalue weighted by atomic mass is 32.1. The second-order valence-electron chi connectivity index (χ2n) is 4.66. The van der Waals surface area contributed by atoms with Gasteiger partial charge in [-0.3, -0.25) is 4.79 Å². The number of carbonyl (C=O) groups is 1. The molecule has 4 heteroatoms. The minimum Gasteiger partial charge on any atom is -0.322 e. The fourth-order valence-corrected chi connectivity index (χ4v) is 3.54. The van der Waals surface area contributed by atoms with E-state index in [2.05, 4.69) is 13.0 Å². The van der Waals surface area contributed by atoms with Crippen LogP contribution in [0.5, 0.6) is 0 Å². The van der Waals surface area contributed by atoms with Gasteiger partial charge in [-0.05, 0) is 36.3 Å². The van der Waals surface area contributed by atoms with Gasteiger partial charge in [0.15, 0.2) is 0 Å². The summed E-state index contributed by atoms with van der Waals surface area (Å²) in [4.78, 5) is 15.1. The molecule has 1 aromatic rings. The van der Waals surface area contributed by atoms with E-state index in [1.165, 1.54) is 24.2 Å². The number of hydrogen-bond donors (Lipinski definition) is 0. The summed E-state index contributed by atoms with van der Waals surface area (Å²) in [7, 11) is 0. The zero-order chi connectivity index (χ0) is 13.0. The molecular formula is C14H18N2OS. The second kappa shape index (κ2) is 6.01. The fourth-order valence-electron chi connectivity index (χ4n) is 2.59. The van der Waals surface area contributed by atoms with Crippen LogP contribution in [0.15, 0.2) is 11.4 Å². The Kier molecular flexibility index (Phi) is 4.38. The van der Waals surface area contributed by atoms with Crippen molar-refractivity contribution in [3.8, 4) is 6.07 Å². The maximum Gasteiger partial charge on any atom is 0.265 e. The van der Waals surface area contributed by atoms with Crippen molar-refractivity contribution in [3.63, 3.8) is 0 Å². The van der Waals surface area contributed by atoms with Gasteiger partial charge in [-0.25, -0.2) is 0 Å². The van der Waals surface area contributed by atoms with Gasteiger partial charge in [0.25, 0.3) is 5.91 Å². The average Bonchev–Trinajstić information content (AvgIpc) is 3.05. The molecule has 0 radical (unpaired) electrons. The van der Waals surface area contributed by atoms with Crippen molar-refractivity contribution < 1.29 is 4.79 Å². The third-order valence-corrected chi connectivity index (χ3v) is 4.53. The van der Waals surface area contributed by atoms with Crippen molar-refractivity contribution in [2.75, 3.05) is 6.54 Å². The van der Waals surface area contributed by atoms with Gasteiger partial charge in [0, 0.05) is 6.04 Å². The van der Waals surface area contributed by atoms with E-state index in [-0.39, 0.29) is 18.5 Å². The Labute approximate surface area is 112 Å². The molecule has 1 aromatic heterocycles. The maximum absolute atomic E-state index is 12.5. The van der Waals surface area contributed by atoms with Crippen LogP contribution in [0.3, 0.4) is 0 Å². The lowest BCUT2D eigenvalue weighted by Crippen LogP contribution is -2.39. The van der Waals surface area contributed by atoms with E-state index in [0.717, 1.165) is 29.7 Å². The Morgan fingerprint density at radius 3 is 2.89 bits per heavy atom. The highest BCUT2D eigenvalue weighted by molar-refractivity contribution is 7.12. The normalized spacial score (nSPS) is 15.6. The first kappa shape index (κ1) is 13.1. The molecule has 1 aliphatic carbocycles. The second-order valence-corrected chi connectivity index (χ2v) is 5.57. The summed E-state index contributed by atoms with van der Waals surface area (Å²) in [5.74, 6) is 0.0512. The first-order valence-electron chi connectivity index (χ1n) is 6.52. The minimum absolute atomic E-state index is 0.0512. The van der Waals surface area contributed by atoms with Gasteiger partial charge in [0.2, 0.25) is 0 Å². The van der Waals surface area contributed by atoms with Crippen LogP contribution in [-0.2, 0) is 6.42 Å². The van der Waals surface area contributed by atoms with Crippen LogP contribution in [0.1, 0.15) is 47.8 Å². The van der Waals surface area contributed by atoms with E-state index in [1.54, 1.807) is 4.90 Å². The molecule has 0 saturated heterocycles. The molecular weight excluding hydrogens is 244 g/mol. The molecule has 18 heavy (non-hydrogen) atoms. The zero-order valence-electron chi connectivity index (χ0n) is 10.7. The summed E-state index contributed by atoms with van der Waals surface area (Å²) in [5, 5.41) is 10.9. The van der Waals surface area contributed by atoms with Crippen molar-refractivity contribution in [2.24, 2.45) is 0 Å². The molecule has 0 N–H and O–H groups in total. The molecule has 0 aromatic carbocycles. The molecule has 1 saturated carbocycles. The lowest BCUT2D eigenvalue weighted by atomic mass is 10.1. The highest BCUT2D eigenvalue weighted by Gasteiger charge is 2.28. The van der Waals surface area contributed by atoms with E-state index in [9.17, 15) is 4.79 Å². The number of carbonyl (C=O) groups excluding carboxylic acids is 1. The first-order valence-corrected chi connectivity index (χ1v) is 7.40. The topological polar surface area (TPSA) is 44.1 Å². The zero-order valence-corrected chi connectivity index (χ0v) is 11.5. The lowest BCUT2D eigenvalue weighted by Gasteiger charge is -2.26. The monoisotopic (exact) mass is 262 g/mol. The number of rotatable bonds is 4.